The fourth-order valence-corrected chi connectivity index (χ4v) is 3.00. The number of esters is 2. The number of allylic oxidation sites excluding steroid dienone is 2. The Morgan fingerprint density at radius 1 is 1.37 bits per heavy atom. The molecule has 104 valence electrons. The van der Waals surface area contributed by atoms with Crippen LogP contribution in [0.2, 0.25) is 0 Å². The van der Waals surface area contributed by atoms with Gasteiger partial charge in [-0.2, -0.15) is 0 Å². The van der Waals surface area contributed by atoms with Crippen molar-refractivity contribution in [2.45, 2.75) is 33.1 Å². The van der Waals surface area contributed by atoms with Crippen LogP contribution in [0.4, 0.5) is 0 Å². The van der Waals surface area contributed by atoms with Gasteiger partial charge in [-0.25, -0.2) is 0 Å². The maximum Gasteiger partial charge on any atom is 0.327 e. The Balaban J connectivity index is 2.45. The zero-order valence-corrected chi connectivity index (χ0v) is 11.7. The van der Waals surface area contributed by atoms with Gasteiger partial charge in [-0.05, 0) is 33.1 Å². The fourth-order valence-electron chi connectivity index (χ4n) is 3.00. The predicted octanol–water partition coefficient (Wildman–Crippen LogP) is 2.40. The molecule has 1 unspecified atom stereocenters. The van der Waals surface area contributed by atoms with Crippen molar-refractivity contribution in [2.75, 3.05) is 13.7 Å². The normalized spacial score (nSPS) is 27.7. The summed E-state index contributed by atoms with van der Waals surface area (Å²) >= 11 is 0. The third-order valence-corrected chi connectivity index (χ3v) is 4.33. The summed E-state index contributed by atoms with van der Waals surface area (Å²) in [6.45, 7) is 7.99. The van der Waals surface area contributed by atoms with E-state index in [4.69, 9.17) is 9.47 Å². The summed E-state index contributed by atoms with van der Waals surface area (Å²) in [5.74, 6) is -1.11. The molecule has 0 radical (unpaired) electrons. The lowest BCUT2D eigenvalue weighted by molar-refractivity contribution is -0.167. The van der Waals surface area contributed by atoms with E-state index in [0.29, 0.717) is 0 Å². The average molecular weight is 264 g/mol. The molecule has 1 spiro atoms. The standard InChI is InChI=1S/C15H20O4/c1-5-19-13(17)15(12(16)18-4)8-10(2)14(6-7-14)11(3)9-15/h9H,2,5-8H2,1,3-4H3. The summed E-state index contributed by atoms with van der Waals surface area (Å²) in [6, 6.07) is 0. The molecular formula is C15H20O4. The molecule has 0 amide bonds. The van der Waals surface area contributed by atoms with Crippen molar-refractivity contribution in [3.05, 3.63) is 23.8 Å². The van der Waals surface area contributed by atoms with Gasteiger partial charge in [0.15, 0.2) is 5.41 Å². The lowest BCUT2D eigenvalue weighted by atomic mass is 9.68. The number of carbonyl (C=O) groups excluding carboxylic acids is 2. The molecule has 0 aromatic heterocycles. The first-order valence-electron chi connectivity index (χ1n) is 6.57. The van der Waals surface area contributed by atoms with Crippen molar-refractivity contribution >= 4 is 11.9 Å². The Kier molecular flexibility index (Phi) is 3.29. The third-order valence-electron chi connectivity index (χ3n) is 4.33. The molecule has 0 saturated heterocycles. The Hall–Kier alpha value is -1.58. The van der Waals surface area contributed by atoms with Gasteiger partial charge in [0.05, 0.1) is 13.7 Å². The number of hydrogen-bond acceptors (Lipinski definition) is 4. The molecule has 0 aromatic rings. The van der Waals surface area contributed by atoms with Crippen LogP contribution in [0.15, 0.2) is 23.8 Å². The molecule has 2 aliphatic rings. The molecule has 2 rings (SSSR count). The van der Waals surface area contributed by atoms with E-state index < -0.39 is 17.4 Å². The van der Waals surface area contributed by atoms with Crippen LogP contribution >= 0.6 is 0 Å². The van der Waals surface area contributed by atoms with Crippen LogP contribution < -0.4 is 0 Å². The molecule has 0 bridgehead atoms. The van der Waals surface area contributed by atoms with E-state index >= 15 is 0 Å². The van der Waals surface area contributed by atoms with Crippen LogP contribution in [-0.2, 0) is 19.1 Å². The first-order valence-corrected chi connectivity index (χ1v) is 6.57. The molecule has 2 aliphatic carbocycles. The van der Waals surface area contributed by atoms with E-state index in [2.05, 4.69) is 6.58 Å². The maximum absolute atomic E-state index is 12.2. The van der Waals surface area contributed by atoms with E-state index in [1.807, 2.05) is 6.92 Å². The van der Waals surface area contributed by atoms with Gasteiger partial charge in [-0.15, -0.1) is 0 Å². The minimum Gasteiger partial charge on any atom is -0.468 e. The van der Waals surface area contributed by atoms with Gasteiger partial charge in [0.25, 0.3) is 0 Å². The minimum atomic E-state index is -1.35. The summed E-state index contributed by atoms with van der Waals surface area (Å²) in [6.07, 6.45) is 4.12. The highest BCUT2D eigenvalue weighted by Crippen LogP contribution is 2.62. The number of hydrogen-bond donors (Lipinski definition) is 0. The third kappa shape index (κ3) is 1.90. The first-order chi connectivity index (χ1) is 8.93. The van der Waals surface area contributed by atoms with Crippen molar-refractivity contribution < 1.29 is 19.1 Å². The fraction of sp³-hybridized carbons (Fsp3) is 0.600. The average Bonchev–Trinajstić information content (AvgIpc) is 3.17. The Morgan fingerprint density at radius 2 is 2.00 bits per heavy atom. The van der Waals surface area contributed by atoms with E-state index in [0.717, 1.165) is 24.0 Å². The quantitative estimate of drug-likeness (QED) is 0.446. The van der Waals surface area contributed by atoms with E-state index in [9.17, 15) is 9.59 Å². The number of carbonyl (C=O) groups is 2. The molecule has 1 fully saturated rings. The highest BCUT2D eigenvalue weighted by atomic mass is 16.6. The number of ether oxygens (including phenoxy) is 2. The monoisotopic (exact) mass is 264 g/mol. The SMILES string of the molecule is C=C1CC(C(=O)OC)(C(=O)OCC)C=C(C)C12CC2. The van der Waals surface area contributed by atoms with E-state index in [1.165, 1.54) is 7.11 Å². The zero-order chi connectivity index (χ0) is 14.3. The van der Waals surface area contributed by atoms with Crippen LogP contribution in [0.25, 0.3) is 0 Å². The molecule has 0 heterocycles. The van der Waals surface area contributed by atoms with Crippen LogP contribution in [0, 0.1) is 10.8 Å². The van der Waals surface area contributed by atoms with Crippen LogP contribution in [0.3, 0.4) is 0 Å². The largest absolute Gasteiger partial charge is 0.468 e. The highest BCUT2D eigenvalue weighted by molar-refractivity contribution is 6.03. The molecule has 1 saturated carbocycles. The Morgan fingerprint density at radius 3 is 2.42 bits per heavy atom. The maximum atomic E-state index is 12.2. The topological polar surface area (TPSA) is 52.6 Å². The van der Waals surface area contributed by atoms with Gasteiger partial charge in [-0.1, -0.05) is 23.8 Å². The van der Waals surface area contributed by atoms with Gasteiger partial charge in [0, 0.05) is 5.41 Å². The smallest absolute Gasteiger partial charge is 0.327 e. The molecule has 4 heteroatoms. The highest BCUT2D eigenvalue weighted by Gasteiger charge is 2.58. The molecule has 19 heavy (non-hydrogen) atoms. The molecular weight excluding hydrogens is 244 g/mol. The van der Waals surface area contributed by atoms with Gasteiger partial charge in [0.1, 0.15) is 0 Å². The second kappa shape index (κ2) is 4.51. The summed E-state index contributed by atoms with van der Waals surface area (Å²) in [5.41, 5.74) is 0.636. The Bertz CT molecular complexity index is 471. The van der Waals surface area contributed by atoms with E-state index in [1.54, 1.807) is 13.0 Å². The summed E-state index contributed by atoms with van der Waals surface area (Å²) < 4.78 is 9.89. The lowest BCUT2D eigenvalue weighted by Crippen LogP contribution is -2.43. The van der Waals surface area contributed by atoms with Crippen LogP contribution in [0.1, 0.15) is 33.1 Å². The molecule has 0 aliphatic heterocycles. The first kappa shape index (κ1) is 13.8. The zero-order valence-electron chi connectivity index (χ0n) is 11.7. The van der Waals surface area contributed by atoms with Gasteiger partial charge >= 0.3 is 11.9 Å². The van der Waals surface area contributed by atoms with Crippen molar-refractivity contribution in [2.24, 2.45) is 10.8 Å². The van der Waals surface area contributed by atoms with Crippen LogP contribution in [-0.4, -0.2) is 25.7 Å². The van der Waals surface area contributed by atoms with Crippen LogP contribution in [0.5, 0.6) is 0 Å². The summed E-state index contributed by atoms with van der Waals surface area (Å²) in [7, 11) is 1.29. The van der Waals surface area contributed by atoms with E-state index in [-0.39, 0.29) is 18.4 Å². The van der Waals surface area contributed by atoms with Crippen molar-refractivity contribution in [1.29, 1.82) is 0 Å². The van der Waals surface area contributed by atoms with Crippen molar-refractivity contribution in [3.8, 4) is 0 Å². The predicted molar refractivity (Wildman–Crippen MR) is 70.3 cm³/mol. The molecule has 0 N–H and O–H groups in total. The van der Waals surface area contributed by atoms with Gasteiger partial charge in [0.2, 0.25) is 0 Å². The summed E-state index contributed by atoms with van der Waals surface area (Å²) in [4.78, 5) is 24.4. The minimum absolute atomic E-state index is 0.0179. The molecule has 4 nitrogen and oxygen atoms in total. The van der Waals surface area contributed by atoms with Gasteiger partial charge < -0.3 is 9.47 Å². The number of methoxy groups -OCH3 is 1. The molecule has 1 atom stereocenters. The van der Waals surface area contributed by atoms with Crippen molar-refractivity contribution in [1.82, 2.24) is 0 Å². The number of rotatable bonds is 3. The van der Waals surface area contributed by atoms with Crippen molar-refractivity contribution in [3.63, 3.8) is 0 Å². The second-order valence-electron chi connectivity index (χ2n) is 5.37. The summed E-state index contributed by atoms with van der Waals surface area (Å²) in [5, 5.41) is 0. The van der Waals surface area contributed by atoms with Gasteiger partial charge in [-0.3, -0.25) is 9.59 Å². The Labute approximate surface area is 113 Å². The second-order valence-corrected chi connectivity index (χ2v) is 5.37. The lowest BCUT2D eigenvalue weighted by Gasteiger charge is -2.35. The molecule has 0 aromatic carbocycles.